The molecule has 2 bridgehead atoms. The molecular formula is C32H40O10. The number of methoxy groups -OCH3 is 1. The van der Waals surface area contributed by atoms with Crippen LogP contribution in [0.1, 0.15) is 79.6 Å². The van der Waals surface area contributed by atoms with Crippen LogP contribution < -0.4 is 0 Å². The lowest BCUT2D eigenvalue weighted by Crippen LogP contribution is -2.53. The highest BCUT2D eigenvalue weighted by Crippen LogP contribution is 2.66. The van der Waals surface area contributed by atoms with Crippen LogP contribution in [0.15, 0.2) is 34.4 Å². The van der Waals surface area contributed by atoms with E-state index < -0.39 is 64.5 Å². The van der Waals surface area contributed by atoms with Crippen molar-refractivity contribution in [1.82, 2.24) is 0 Å². The summed E-state index contributed by atoms with van der Waals surface area (Å²) in [4.78, 5) is 65.7. The molecule has 3 aliphatic carbocycles. The Morgan fingerprint density at radius 1 is 1.14 bits per heavy atom. The maximum atomic E-state index is 14.2. The quantitative estimate of drug-likeness (QED) is 0.220. The highest BCUT2D eigenvalue weighted by Gasteiger charge is 2.67. The van der Waals surface area contributed by atoms with Crippen LogP contribution in [0.3, 0.4) is 0 Å². The van der Waals surface area contributed by atoms with Gasteiger partial charge in [-0.3, -0.25) is 14.4 Å². The number of carbonyl (C=O) groups is 5. The van der Waals surface area contributed by atoms with E-state index in [9.17, 15) is 29.1 Å². The summed E-state index contributed by atoms with van der Waals surface area (Å²) in [5.74, 6) is -2.90. The number of allylic oxidation sites excluding steroid dienone is 2. The fourth-order valence-electron chi connectivity index (χ4n) is 8.58. The number of Topliss-reactive ketones (excluding diaryl/α,β-unsaturated/α-hetero) is 1. The summed E-state index contributed by atoms with van der Waals surface area (Å²) in [5, 5.41) is 9.95. The molecule has 10 heteroatoms. The second-order valence-corrected chi connectivity index (χ2v) is 13.1. The van der Waals surface area contributed by atoms with E-state index in [4.69, 9.17) is 18.9 Å². The van der Waals surface area contributed by atoms with E-state index in [1.807, 2.05) is 20.8 Å². The van der Waals surface area contributed by atoms with Crippen LogP contribution in [0.2, 0.25) is 0 Å². The Morgan fingerprint density at radius 2 is 1.86 bits per heavy atom. The van der Waals surface area contributed by atoms with Crippen LogP contribution in [0.25, 0.3) is 0 Å². The zero-order valence-electron chi connectivity index (χ0n) is 25.1. The Morgan fingerprint density at radius 3 is 2.48 bits per heavy atom. The van der Waals surface area contributed by atoms with Gasteiger partial charge in [0.25, 0.3) is 0 Å². The van der Waals surface area contributed by atoms with E-state index >= 15 is 0 Å². The maximum Gasteiger partial charge on any atom is 0.340 e. The summed E-state index contributed by atoms with van der Waals surface area (Å²) < 4.78 is 21.9. The molecule has 3 fully saturated rings. The molecule has 1 N–H and O–H groups in total. The van der Waals surface area contributed by atoms with E-state index in [-0.39, 0.29) is 36.5 Å². The molecule has 42 heavy (non-hydrogen) atoms. The molecule has 0 spiro atoms. The standard InChI is InChI=1S/C32H40O10/c1-7-16(2)28(37)40-23-9-8-17-19(32(5)21(14-24(34)39-6)31(23,4)15-22(32)33)10-11-30(3)20(17)13-26(36)41-27(30)18-12-25(35)42-29(18)38/h7,12,19,21,23,25,27,35H,8-11,13-15H2,1-6H3/b16-7+/t19-,21-,23+,25?,27-,30+,31+,32+/m0/s1. The van der Waals surface area contributed by atoms with E-state index in [0.29, 0.717) is 31.3 Å². The van der Waals surface area contributed by atoms with Gasteiger partial charge in [-0.2, -0.15) is 0 Å². The number of hydrogen-bond acceptors (Lipinski definition) is 10. The van der Waals surface area contributed by atoms with Crippen LogP contribution in [0, 0.1) is 28.1 Å². The third-order valence-electron chi connectivity index (χ3n) is 11.1. The second kappa shape index (κ2) is 10.5. The number of ether oxygens (including phenoxy) is 4. The Labute approximate surface area is 245 Å². The minimum Gasteiger partial charge on any atom is -0.469 e. The predicted octanol–water partition coefficient (Wildman–Crippen LogP) is 3.65. The molecule has 10 nitrogen and oxygen atoms in total. The molecule has 1 unspecified atom stereocenters. The van der Waals surface area contributed by atoms with Gasteiger partial charge in [0.1, 0.15) is 18.0 Å². The Kier molecular flexibility index (Phi) is 7.53. The lowest BCUT2D eigenvalue weighted by atomic mass is 9.51. The summed E-state index contributed by atoms with van der Waals surface area (Å²) in [5.41, 5.74) is -0.273. The lowest BCUT2D eigenvalue weighted by molar-refractivity contribution is -0.161. The number of esters is 4. The summed E-state index contributed by atoms with van der Waals surface area (Å²) in [6, 6.07) is 0. The predicted molar refractivity (Wildman–Crippen MR) is 147 cm³/mol. The van der Waals surface area contributed by atoms with E-state index in [0.717, 1.165) is 11.1 Å². The zero-order chi connectivity index (χ0) is 30.8. The van der Waals surface area contributed by atoms with E-state index in [2.05, 4.69) is 0 Å². The van der Waals surface area contributed by atoms with Crippen molar-refractivity contribution in [2.24, 2.45) is 28.1 Å². The van der Waals surface area contributed by atoms with E-state index in [1.165, 1.54) is 13.2 Å². The molecule has 2 aliphatic heterocycles. The minimum atomic E-state index is -1.41. The van der Waals surface area contributed by atoms with Crippen molar-refractivity contribution in [3.8, 4) is 0 Å². The Hall–Kier alpha value is -3.27. The molecular weight excluding hydrogens is 544 g/mol. The van der Waals surface area contributed by atoms with Crippen molar-refractivity contribution in [3.63, 3.8) is 0 Å². The summed E-state index contributed by atoms with van der Waals surface area (Å²) in [7, 11) is 1.32. The number of hydrogen-bond donors (Lipinski definition) is 1. The van der Waals surface area contributed by atoms with Gasteiger partial charge in [0.15, 0.2) is 0 Å². The van der Waals surface area contributed by atoms with Gasteiger partial charge in [0.2, 0.25) is 6.29 Å². The molecule has 5 rings (SSSR count). The van der Waals surface area contributed by atoms with Gasteiger partial charge in [-0.1, -0.05) is 32.4 Å². The number of aliphatic hydroxyl groups excluding tert-OH is 1. The summed E-state index contributed by atoms with van der Waals surface area (Å²) in [6.07, 6.45) is 1.99. The van der Waals surface area contributed by atoms with Gasteiger partial charge in [-0.05, 0) is 63.0 Å². The molecule has 228 valence electrons. The van der Waals surface area contributed by atoms with Crippen LogP contribution in [-0.2, 0) is 42.9 Å². The average Bonchev–Trinajstić information content (AvgIpc) is 3.38. The number of carbonyl (C=O) groups excluding carboxylic acids is 5. The fraction of sp³-hybridized carbons (Fsp3) is 0.656. The molecule has 8 atom stereocenters. The Balaban J connectivity index is 1.67. The monoisotopic (exact) mass is 584 g/mol. The zero-order valence-corrected chi connectivity index (χ0v) is 25.1. The molecule has 0 amide bonds. The number of aliphatic hydroxyl groups is 1. The van der Waals surface area contributed by atoms with Crippen LogP contribution in [-0.4, -0.2) is 60.4 Å². The van der Waals surface area contributed by atoms with E-state index in [1.54, 1.807) is 19.9 Å². The molecule has 0 aromatic heterocycles. The number of fused-ring (bicyclic) bond motifs is 5. The van der Waals surface area contributed by atoms with Crippen LogP contribution in [0.5, 0.6) is 0 Å². The average molecular weight is 585 g/mol. The largest absolute Gasteiger partial charge is 0.469 e. The maximum absolute atomic E-state index is 14.2. The number of rotatable bonds is 5. The van der Waals surface area contributed by atoms with Crippen molar-refractivity contribution in [2.45, 2.75) is 98.1 Å². The molecule has 5 aliphatic rings. The fourth-order valence-corrected chi connectivity index (χ4v) is 8.58. The third kappa shape index (κ3) is 4.44. The highest BCUT2D eigenvalue weighted by molar-refractivity contribution is 5.94. The first-order valence-corrected chi connectivity index (χ1v) is 14.7. The van der Waals surface area contributed by atoms with Crippen molar-refractivity contribution < 1.29 is 48.0 Å². The Bertz CT molecular complexity index is 1340. The van der Waals surface area contributed by atoms with Crippen molar-refractivity contribution >= 4 is 29.7 Å². The summed E-state index contributed by atoms with van der Waals surface area (Å²) in [6.45, 7) is 9.22. The molecule has 0 aromatic carbocycles. The first-order chi connectivity index (χ1) is 19.7. The normalized spacial score (nSPS) is 39.8. The summed E-state index contributed by atoms with van der Waals surface area (Å²) >= 11 is 0. The topological polar surface area (TPSA) is 142 Å². The first-order valence-electron chi connectivity index (χ1n) is 14.7. The smallest absolute Gasteiger partial charge is 0.340 e. The third-order valence-corrected chi connectivity index (χ3v) is 11.1. The first kappa shape index (κ1) is 30.2. The molecule has 0 aromatic rings. The van der Waals surface area contributed by atoms with Gasteiger partial charge in [0.05, 0.1) is 19.1 Å². The van der Waals surface area contributed by atoms with Gasteiger partial charge in [-0.25, -0.2) is 9.59 Å². The molecule has 2 heterocycles. The molecule has 2 saturated carbocycles. The molecule has 0 radical (unpaired) electrons. The lowest BCUT2D eigenvalue weighted by Gasteiger charge is -2.54. The van der Waals surface area contributed by atoms with Crippen molar-refractivity contribution in [2.75, 3.05) is 7.11 Å². The number of ketones is 1. The van der Waals surface area contributed by atoms with Crippen LogP contribution >= 0.6 is 0 Å². The van der Waals surface area contributed by atoms with Gasteiger partial charge in [0, 0.05) is 34.7 Å². The van der Waals surface area contributed by atoms with Crippen LogP contribution in [0.4, 0.5) is 0 Å². The SMILES string of the molecule is C/C=C(\C)C(=O)O[C@@H]1CCC2=C3CC(=O)O[C@@H](C4=CC(O)OC4=O)[C@]3(C)CC[C@@H]2[C@@]2(C)C(=O)C[C@]1(C)[C@@H]2CC(=O)OC. The van der Waals surface area contributed by atoms with Crippen molar-refractivity contribution in [3.05, 3.63) is 34.4 Å². The number of cyclic esters (lactones) is 2. The highest BCUT2D eigenvalue weighted by atomic mass is 16.6. The van der Waals surface area contributed by atoms with Gasteiger partial charge >= 0.3 is 23.9 Å². The van der Waals surface area contributed by atoms with Crippen molar-refractivity contribution in [1.29, 1.82) is 0 Å². The second-order valence-electron chi connectivity index (χ2n) is 13.1. The minimum absolute atomic E-state index is 0.00329. The van der Waals surface area contributed by atoms with Gasteiger partial charge < -0.3 is 24.1 Å². The van der Waals surface area contributed by atoms with Gasteiger partial charge in [-0.15, -0.1) is 0 Å². The molecule has 1 saturated heterocycles.